The highest BCUT2D eigenvalue weighted by Gasteiger charge is 2.29. The van der Waals surface area contributed by atoms with Crippen molar-refractivity contribution in [2.45, 2.75) is 45.2 Å². The van der Waals surface area contributed by atoms with Gasteiger partial charge in [-0.1, -0.05) is 24.3 Å². The molecule has 0 unspecified atom stereocenters. The fourth-order valence-electron chi connectivity index (χ4n) is 4.70. The molecule has 0 bridgehead atoms. The Hall–Kier alpha value is -5.21. The molecule has 0 aliphatic carbocycles. The lowest BCUT2D eigenvalue weighted by atomic mass is 10.0. The second-order valence-corrected chi connectivity index (χ2v) is 11.0. The zero-order valence-corrected chi connectivity index (χ0v) is 24.7. The Labute approximate surface area is 257 Å². The van der Waals surface area contributed by atoms with Gasteiger partial charge in [0, 0.05) is 23.6 Å². The average Bonchev–Trinajstić information content (AvgIpc) is 3.36. The number of carbonyl (C=O) groups excluding carboxylic acids is 1. The smallest absolute Gasteiger partial charge is 0.337 e. The van der Waals surface area contributed by atoms with Crippen molar-refractivity contribution in [2.75, 3.05) is 7.11 Å². The number of methoxy groups -OCH3 is 1. The van der Waals surface area contributed by atoms with E-state index in [0.29, 0.717) is 28.1 Å². The van der Waals surface area contributed by atoms with Crippen molar-refractivity contribution < 1.29 is 32.5 Å². The van der Waals surface area contributed by atoms with Crippen molar-refractivity contribution in [1.82, 2.24) is 14.5 Å². The maximum atomic E-state index is 15.5. The SMILES string of the molecule is COC(=O)c1ccc2nc(Cc3ccc(-c4cccc(OCc5ccc(C#N)cc5F)n4)cc3F)n(C[C@@H](F)C(C)(C)O)c2c1. The van der Waals surface area contributed by atoms with Crippen molar-refractivity contribution in [1.29, 1.82) is 5.26 Å². The number of ether oxygens (including phenoxy) is 2. The average molecular weight is 615 g/mol. The minimum atomic E-state index is -1.68. The van der Waals surface area contributed by atoms with E-state index in [-0.39, 0.29) is 47.7 Å². The van der Waals surface area contributed by atoms with E-state index in [9.17, 15) is 14.3 Å². The summed E-state index contributed by atoms with van der Waals surface area (Å²) in [6.45, 7) is 2.32. The second-order valence-electron chi connectivity index (χ2n) is 11.0. The fraction of sp³-hybridized carbons (Fsp3) is 0.235. The Kier molecular flexibility index (Phi) is 8.88. The number of fused-ring (bicyclic) bond motifs is 1. The number of benzene rings is 3. The minimum Gasteiger partial charge on any atom is -0.473 e. The first-order valence-electron chi connectivity index (χ1n) is 14.0. The third-order valence-electron chi connectivity index (χ3n) is 7.34. The van der Waals surface area contributed by atoms with Crippen LogP contribution in [0.2, 0.25) is 0 Å². The number of carbonyl (C=O) groups is 1. The zero-order chi connectivity index (χ0) is 32.3. The highest BCUT2D eigenvalue weighted by molar-refractivity contribution is 5.93. The third kappa shape index (κ3) is 6.97. The predicted octanol–water partition coefficient (Wildman–Crippen LogP) is 6.31. The molecule has 0 fully saturated rings. The summed E-state index contributed by atoms with van der Waals surface area (Å²) >= 11 is 0. The first-order valence-corrected chi connectivity index (χ1v) is 14.0. The third-order valence-corrected chi connectivity index (χ3v) is 7.34. The van der Waals surface area contributed by atoms with Gasteiger partial charge in [0.2, 0.25) is 5.88 Å². The summed E-state index contributed by atoms with van der Waals surface area (Å²) in [4.78, 5) is 21.2. The van der Waals surface area contributed by atoms with E-state index < -0.39 is 29.4 Å². The Bertz CT molecular complexity index is 1930. The zero-order valence-electron chi connectivity index (χ0n) is 24.7. The van der Waals surface area contributed by atoms with Crippen LogP contribution in [-0.2, 0) is 24.3 Å². The molecule has 8 nitrogen and oxygen atoms in total. The number of aromatic nitrogens is 3. The number of hydrogen-bond acceptors (Lipinski definition) is 7. The van der Waals surface area contributed by atoms with Gasteiger partial charge in [-0.25, -0.2) is 27.9 Å². The normalized spacial score (nSPS) is 12.1. The summed E-state index contributed by atoms with van der Waals surface area (Å²) in [6, 6.07) is 20.2. The van der Waals surface area contributed by atoms with Crippen LogP contribution < -0.4 is 4.74 Å². The van der Waals surface area contributed by atoms with E-state index in [0.717, 1.165) is 6.07 Å². The number of nitriles is 1. The number of nitrogens with zero attached hydrogens (tertiary/aromatic N) is 4. The van der Waals surface area contributed by atoms with Crippen LogP contribution >= 0.6 is 0 Å². The molecule has 0 amide bonds. The molecule has 0 aliphatic heterocycles. The number of aliphatic hydroxyl groups is 1. The number of imidazole rings is 1. The van der Waals surface area contributed by atoms with Crippen molar-refractivity contribution in [3.63, 3.8) is 0 Å². The molecule has 0 aliphatic rings. The molecule has 1 N–H and O–H groups in total. The molecule has 0 spiro atoms. The highest BCUT2D eigenvalue weighted by atomic mass is 19.1. The van der Waals surface area contributed by atoms with Gasteiger partial charge < -0.3 is 19.1 Å². The van der Waals surface area contributed by atoms with E-state index in [4.69, 9.17) is 14.7 Å². The van der Waals surface area contributed by atoms with E-state index in [1.165, 1.54) is 49.8 Å². The summed E-state index contributed by atoms with van der Waals surface area (Å²) < 4.78 is 56.8. The van der Waals surface area contributed by atoms with E-state index >= 15 is 8.78 Å². The minimum absolute atomic E-state index is 0.000335. The molecule has 11 heteroatoms. The lowest BCUT2D eigenvalue weighted by molar-refractivity contribution is -0.0102. The number of alkyl halides is 1. The summed E-state index contributed by atoms with van der Waals surface area (Å²) in [5.74, 6) is -1.14. The van der Waals surface area contributed by atoms with Crippen molar-refractivity contribution in [3.8, 4) is 23.2 Å². The van der Waals surface area contributed by atoms with Crippen molar-refractivity contribution in [3.05, 3.63) is 113 Å². The lowest BCUT2D eigenvalue weighted by Gasteiger charge is -2.24. The molecule has 0 radical (unpaired) electrons. The van der Waals surface area contributed by atoms with Crippen molar-refractivity contribution in [2.24, 2.45) is 0 Å². The molecule has 230 valence electrons. The van der Waals surface area contributed by atoms with Gasteiger partial charge in [-0.2, -0.15) is 5.26 Å². The Morgan fingerprint density at radius 3 is 2.47 bits per heavy atom. The molecule has 1 atom stereocenters. The Morgan fingerprint density at radius 1 is 1.02 bits per heavy atom. The van der Waals surface area contributed by atoms with Crippen molar-refractivity contribution >= 4 is 17.0 Å². The summed E-state index contributed by atoms with van der Waals surface area (Å²) in [6.07, 6.45) is -1.68. The lowest BCUT2D eigenvalue weighted by Crippen LogP contribution is -2.36. The van der Waals surface area contributed by atoms with E-state index in [1.54, 1.807) is 42.5 Å². The highest BCUT2D eigenvalue weighted by Crippen LogP contribution is 2.27. The van der Waals surface area contributed by atoms with Crippen LogP contribution in [0.25, 0.3) is 22.3 Å². The molecular formula is C34H29F3N4O4. The molecular weight excluding hydrogens is 585 g/mol. The van der Waals surface area contributed by atoms with Crippen LogP contribution in [0.4, 0.5) is 13.2 Å². The number of halogens is 3. The van der Waals surface area contributed by atoms with Crippen LogP contribution in [0.15, 0.2) is 72.8 Å². The van der Waals surface area contributed by atoms with Crippen LogP contribution in [0, 0.1) is 23.0 Å². The molecule has 0 saturated carbocycles. The molecule has 2 heterocycles. The quantitative estimate of drug-likeness (QED) is 0.184. The maximum Gasteiger partial charge on any atom is 0.337 e. The number of rotatable bonds is 10. The van der Waals surface area contributed by atoms with Gasteiger partial charge >= 0.3 is 5.97 Å². The van der Waals surface area contributed by atoms with Gasteiger partial charge in [-0.15, -0.1) is 0 Å². The van der Waals surface area contributed by atoms with Gasteiger partial charge in [0.05, 0.1) is 53.2 Å². The molecule has 2 aromatic heterocycles. The number of hydrogen-bond donors (Lipinski definition) is 1. The number of pyridine rings is 1. The van der Waals surface area contributed by atoms with E-state index in [2.05, 4.69) is 9.97 Å². The van der Waals surface area contributed by atoms with Gasteiger partial charge in [0.15, 0.2) is 0 Å². The van der Waals surface area contributed by atoms with Gasteiger partial charge in [-0.05, 0) is 61.9 Å². The predicted molar refractivity (Wildman–Crippen MR) is 160 cm³/mol. The monoisotopic (exact) mass is 614 g/mol. The fourth-order valence-corrected chi connectivity index (χ4v) is 4.70. The summed E-state index contributed by atoms with van der Waals surface area (Å²) in [5.41, 5.74) is 1.14. The van der Waals surface area contributed by atoms with Gasteiger partial charge in [-0.3, -0.25) is 0 Å². The van der Waals surface area contributed by atoms with Gasteiger partial charge in [0.1, 0.15) is 30.2 Å². The maximum absolute atomic E-state index is 15.5. The number of esters is 1. The molecule has 5 rings (SSSR count). The van der Waals surface area contributed by atoms with Crippen LogP contribution in [0.1, 0.15) is 46.7 Å². The molecule has 5 aromatic rings. The molecule has 45 heavy (non-hydrogen) atoms. The molecule has 0 saturated heterocycles. The first kappa shape index (κ1) is 31.2. The summed E-state index contributed by atoms with van der Waals surface area (Å²) in [5, 5.41) is 19.2. The largest absolute Gasteiger partial charge is 0.473 e. The van der Waals surface area contributed by atoms with Crippen LogP contribution in [0.5, 0.6) is 5.88 Å². The van der Waals surface area contributed by atoms with Crippen LogP contribution in [0.3, 0.4) is 0 Å². The Balaban J connectivity index is 1.40. The van der Waals surface area contributed by atoms with Gasteiger partial charge in [0.25, 0.3) is 0 Å². The second kappa shape index (κ2) is 12.8. The Morgan fingerprint density at radius 2 is 1.78 bits per heavy atom. The van der Waals surface area contributed by atoms with E-state index in [1.807, 2.05) is 6.07 Å². The first-order chi connectivity index (χ1) is 21.5. The summed E-state index contributed by atoms with van der Waals surface area (Å²) in [7, 11) is 1.25. The topological polar surface area (TPSA) is 110 Å². The molecule has 3 aromatic carbocycles. The van der Waals surface area contributed by atoms with Crippen LogP contribution in [-0.4, -0.2) is 44.5 Å². The standard InChI is InChI=1S/C34H29F3N4O4/c1-34(2,43)30(37)18-41-29-15-23(33(42)44-3)11-12-28(29)39-31(41)16-21-9-10-22(14-26(21)36)27-5-4-6-32(40-27)45-19-24-8-7-20(17-38)13-25(24)35/h4-15,30,43H,16,18-19H2,1-3H3/t30-/m1/s1.